The molecule has 0 bridgehead atoms. The minimum atomic E-state index is 0.647. The van der Waals surface area contributed by atoms with Crippen LogP contribution in [0.1, 0.15) is 27.4 Å². The smallest absolute Gasteiger partial charge is 0.152 e. The van der Waals surface area contributed by atoms with Gasteiger partial charge in [-0.2, -0.15) is 0 Å². The lowest BCUT2D eigenvalue weighted by molar-refractivity contribution is 0.112. The summed E-state index contributed by atoms with van der Waals surface area (Å²) in [6.45, 7) is 1.88. The third-order valence-electron chi connectivity index (χ3n) is 3.37. The van der Waals surface area contributed by atoms with Crippen LogP contribution >= 0.6 is 0 Å². The summed E-state index contributed by atoms with van der Waals surface area (Å²) in [4.78, 5) is 20.2. The summed E-state index contributed by atoms with van der Waals surface area (Å²) in [6, 6.07) is 10.1. The molecule has 0 spiro atoms. The van der Waals surface area contributed by atoms with Crippen molar-refractivity contribution in [1.82, 2.24) is 14.5 Å². The van der Waals surface area contributed by atoms with Gasteiger partial charge in [-0.05, 0) is 12.5 Å². The van der Waals surface area contributed by atoms with E-state index in [2.05, 4.69) is 22.1 Å². The predicted octanol–water partition coefficient (Wildman–Crippen LogP) is 2.68. The average molecular weight is 265 g/mol. The van der Waals surface area contributed by atoms with Gasteiger partial charge in [0.1, 0.15) is 11.5 Å². The molecule has 4 heteroatoms. The van der Waals surface area contributed by atoms with Gasteiger partial charge >= 0.3 is 0 Å². The summed E-state index contributed by atoms with van der Waals surface area (Å²) in [6.07, 6.45) is 3.38. The summed E-state index contributed by atoms with van der Waals surface area (Å²) < 4.78 is 1.88. The van der Waals surface area contributed by atoms with Crippen molar-refractivity contribution in [3.63, 3.8) is 0 Å². The van der Waals surface area contributed by atoms with Crippen molar-refractivity contribution < 1.29 is 4.79 Å². The Morgan fingerprint density at radius 2 is 1.95 bits per heavy atom. The standard InChI is InChI=1S/C16H15N3O/c1-11-17-14(8-12-6-4-3-5-7-12)15-13(10-20)9-19(2)16(15)18-11/h3-7,9-10H,8H2,1-2H3. The zero-order valence-electron chi connectivity index (χ0n) is 11.5. The fourth-order valence-corrected chi connectivity index (χ4v) is 2.51. The lowest BCUT2D eigenvalue weighted by atomic mass is 10.1. The number of benzene rings is 1. The maximum Gasteiger partial charge on any atom is 0.152 e. The molecule has 0 aliphatic rings. The molecule has 0 aliphatic heterocycles. The molecule has 0 fully saturated rings. The maximum atomic E-state index is 11.3. The Morgan fingerprint density at radius 1 is 1.20 bits per heavy atom. The van der Waals surface area contributed by atoms with Gasteiger partial charge in [-0.3, -0.25) is 4.79 Å². The van der Waals surface area contributed by atoms with Gasteiger partial charge in [0.2, 0.25) is 0 Å². The summed E-state index contributed by atoms with van der Waals surface area (Å²) in [5, 5.41) is 0.858. The van der Waals surface area contributed by atoms with Gasteiger partial charge in [0, 0.05) is 25.2 Å². The van der Waals surface area contributed by atoms with E-state index in [9.17, 15) is 4.79 Å². The van der Waals surface area contributed by atoms with E-state index in [4.69, 9.17) is 0 Å². The van der Waals surface area contributed by atoms with Crippen molar-refractivity contribution in [3.8, 4) is 0 Å². The molecule has 3 rings (SSSR count). The molecule has 2 aromatic heterocycles. The second kappa shape index (κ2) is 4.89. The Kier molecular flexibility index (Phi) is 3.06. The van der Waals surface area contributed by atoms with Crippen molar-refractivity contribution in [2.75, 3.05) is 0 Å². The Labute approximate surface area is 117 Å². The second-order valence-electron chi connectivity index (χ2n) is 4.89. The van der Waals surface area contributed by atoms with Crippen molar-refractivity contribution in [1.29, 1.82) is 0 Å². The van der Waals surface area contributed by atoms with Crippen LogP contribution in [0.4, 0.5) is 0 Å². The third kappa shape index (κ3) is 2.09. The van der Waals surface area contributed by atoms with Crippen molar-refractivity contribution in [3.05, 3.63) is 59.2 Å². The molecule has 0 saturated carbocycles. The van der Waals surface area contributed by atoms with Crippen LogP contribution in [0.25, 0.3) is 11.0 Å². The maximum absolute atomic E-state index is 11.3. The molecule has 0 unspecified atom stereocenters. The Hall–Kier alpha value is -2.49. The molecule has 1 aromatic carbocycles. The first-order chi connectivity index (χ1) is 9.69. The number of rotatable bonds is 3. The summed E-state index contributed by atoms with van der Waals surface area (Å²) in [7, 11) is 1.90. The van der Waals surface area contributed by atoms with E-state index in [1.165, 1.54) is 5.56 Å². The van der Waals surface area contributed by atoms with Gasteiger partial charge in [-0.25, -0.2) is 9.97 Å². The first kappa shape index (κ1) is 12.5. The third-order valence-corrected chi connectivity index (χ3v) is 3.37. The number of carbonyl (C=O) groups excluding carboxylic acids is 1. The normalized spacial score (nSPS) is 10.9. The Morgan fingerprint density at radius 3 is 2.65 bits per heavy atom. The zero-order valence-corrected chi connectivity index (χ0v) is 11.5. The van der Waals surface area contributed by atoms with Gasteiger partial charge in [0.15, 0.2) is 6.29 Å². The van der Waals surface area contributed by atoms with Crippen LogP contribution in [-0.2, 0) is 13.5 Å². The fraction of sp³-hybridized carbons (Fsp3) is 0.188. The van der Waals surface area contributed by atoms with E-state index in [1.807, 2.05) is 36.7 Å². The van der Waals surface area contributed by atoms with Crippen LogP contribution in [0.2, 0.25) is 0 Å². The van der Waals surface area contributed by atoms with E-state index >= 15 is 0 Å². The van der Waals surface area contributed by atoms with Crippen LogP contribution in [0.3, 0.4) is 0 Å². The molecule has 3 aromatic rings. The molecule has 0 radical (unpaired) electrons. The molecule has 100 valence electrons. The molecule has 4 nitrogen and oxygen atoms in total. The van der Waals surface area contributed by atoms with Gasteiger partial charge in [0.05, 0.1) is 11.1 Å². The number of nitrogens with zero attached hydrogens (tertiary/aromatic N) is 3. The van der Waals surface area contributed by atoms with Crippen LogP contribution in [0.15, 0.2) is 36.5 Å². The molecule has 0 aliphatic carbocycles. The number of hydrogen-bond acceptors (Lipinski definition) is 3. The predicted molar refractivity (Wildman–Crippen MR) is 77.9 cm³/mol. The Balaban J connectivity index is 2.21. The molecule has 0 atom stereocenters. The quantitative estimate of drug-likeness (QED) is 0.684. The lowest BCUT2D eigenvalue weighted by Gasteiger charge is -2.06. The molecule has 0 saturated heterocycles. The molecular weight excluding hydrogens is 250 g/mol. The SMILES string of the molecule is Cc1nc(Cc2ccccc2)c2c(C=O)cn(C)c2n1. The minimum absolute atomic E-state index is 0.647. The zero-order chi connectivity index (χ0) is 14.1. The van der Waals surface area contributed by atoms with Gasteiger partial charge in [0.25, 0.3) is 0 Å². The van der Waals surface area contributed by atoms with Crippen LogP contribution in [0.5, 0.6) is 0 Å². The molecule has 0 amide bonds. The van der Waals surface area contributed by atoms with Gasteiger partial charge < -0.3 is 4.57 Å². The largest absolute Gasteiger partial charge is 0.335 e. The van der Waals surface area contributed by atoms with Crippen LogP contribution in [-0.4, -0.2) is 20.8 Å². The number of fused-ring (bicyclic) bond motifs is 1. The average Bonchev–Trinajstić information content (AvgIpc) is 2.77. The van der Waals surface area contributed by atoms with Crippen molar-refractivity contribution in [2.24, 2.45) is 7.05 Å². The monoisotopic (exact) mass is 265 g/mol. The summed E-state index contributed by atoms with van der Waals surface area (Å²) >= 11 is 0. The van der Waals surface area contributed by atoms with Crippen LogP contribution in [0, 0.1) is 6.92 Å². The summed E-state index contributed by atoms with van der Waals surface area (Å²) in [5.41, 5.74) is 3.54. The highest BCUT2D eigenvalue weighted by Crippen LogP contribution is 2.23. The van der Waals surface area contributed by atoms with Gasteiger partial charge in [-0.15, -0.1) is 0 Å². The van der Waals surface area contributed by atoms with E-state index in [0.717, 1.165) is 28.8 Å². The molecule has 2 heterocycles. The van der Waals surface area contributed by atoms with E-state index < -0.39 is 0 Å². The van der Waals surface area contributed by atoms with Crippen molar-refractivity contribution >= 4 is 17.3 Å². The highest BCUT2D eigenvalue weighted by molar-refractivity contribution is 5.97. The van der Waals surface area contributed by atoms with Crippen molar-refractivity contribution in [2.45, 2.75) is 13.3 Å². The molecular formula is C16H15N3O. The van der Waals surface area contributed by atoms with E-state index in [0.29, 0.717) is 12.0 Å². The van der Waals surface area contributed by atoms with Gasteiger partial charge in [-0.1, -0.05) is 30.3 Å². The fourth-order valence-electron chi connectivity index (χ4n) is 2.51. The number of hydrogen-bond donors (Lipinski definition) is 0. The van der Waals surface area contributed by atoms with E-state index in [-0.39, 0.29) is 0 Å². The number of aldehydes is 1. The number of aromatic nitrogens is 3. The number of carbonyl (C=O) groups is 1. The highest BCUT2D eigenvalue weighted by Gasteiger charge is 2.14. The first-order valence-electron chi connectivity index (χ1n) is 6.50. The Bertz CT molecular complexity index is 775. The lowest BCUT2D eigenvalue weighted by Crippen LogP contribution is -2.00. The second-order valence-corrected chi connectivity index (χ2v) is 4.89. The van der Waals surface area contributed by atoms with Crippen LogP contribution < -0.4 is 0 Å². The summed E-state index contributed by atoms with van der Waals surface area (Å²) in [5.74, 6) is 0.724. The number of aryl methyl sites for hydroxylation is 2. The highest BCUT2D eigenvalue weighted by atomic mass is 16.1. The first-order valence-corrected chi connectivity index (χ1v) is 6.50. The topological polar surface area (TPSA) is 47.8 Å². The molecule has 0 N–H and O–H groups in total. The van der Waals surface area contributed by atoms with E-state index in [1.54, 1.807) is 6.20 Å². The minimum Gasteiger partial charge on any atom is -0.335 e. The molecule has 20 heavy (non-hydrogen) atoms.